The van der Waals surface area contributed by atoms with Crippen molar-refractivity contribution in [1.29, 1.82) is 0 Å². The van der Waals surface area contributed by atoms with Crippen molar-refractivity contribution in [2.75, 3.05) is 6.54 Å². The normalized spacial score (nSPS) is 9.50. The number of hydrogen-bond acceptors (Lipinski definition) is 3. The zero-order valence-electron chi connectivity index (χ0n) is 13.0. The molecular formula is C19H17NO4. The minimum Gasteiger partial charge on any atom is -0.478 e. The van der Waals surface area contributed by atoms with Crippen LogP contribution in [0.25, 0.3) is 0 Å². The summed E-state index contributed by atoms with van der Waals surface area (Å²) in [6, 6.07) is 15.9. The van der Waals surface area contributed by atoms with Crippen LogP contribution in [0, 0.1) is 11.8 Å². The third-order valence-electron chi connectivity index (χ3n) is 3.11. The van der Waals surface area contributed by atoms with E-state index in [4.69, 9.17) is 9.84 Å². The summed E-state index contributed by atoms with van der Waals surface area (Å²) < 4.78 is 5.07. The molecule has 5 heteroatoms. The summed E-state index contributed by atoms with van der Waals surface area (Å²) in [5, 5.41) is 11.6. The summed E-state index contributed by atoms with van der Waals surface area (Å²) in [4.78, 5) is 22.6. The van der Waals surface area contributed by atoms with Crippen molar-refractivity contribution in [3.8, 4) is 11.8 Å². The topological polar surface area (TPSA) is 75.6 Å². The lowest BCUT2D eigenvalue weighted by Crippen LogP contribution is -2.24. The van der Waals surface area contributed by atoms with Crippen LogP contribution in [0.3, 0.4) is 0 Å². The van der Waals surface area contributed by atoms with Crippen LogP contribution >= 0.6 is 0 Å². The highest BCUT2D eigenvalue weighted by Gasteiger charge is 2.06. The number of alkyl carbamates (subject to hydrolysis) is 1. The predicted octanol–water partition coefficient (Wildman–Crippen LogP) is 3.05. The molecule has 0 aliphatic rings. The second kappa shape index (κ2) is 9.01. The van der Waals surface area contributed by atoms with Crippen LogP contribution in [0.2, 0.25) is 0 Å². The first-order valence-electron chi connectivity index (χ1n) is 7.42. The molecule has 0 bridgehead atoms. The Kier molecular flexibility index (Phi) is 6.42. The fourth-order valence-electron chi connectivity index (χ4n) is 1.94. The Morgan fingerprint density at radius 3 is 2.50 bits per heavy atom. The highest BCUT2D eigenvalue weighted by atomic mass is 16.5. The number of aromatic carboxylic acids is 1. The number of amides is 1. The summed E-state index contributed by atoms with van der Waals surface area (Å²) in [7, 11) is 0. The van der Waals surface area contributed by atoms with Gasteiger partial charge >= 0.3 is 12.1 Å². The van der Waals surface area contributed by atoms with Gasteiger partial charge in [0.05, 0.1) is 5.56 Å². The Bertz CT molecular complexity index is 760. The fourth-order valence-corrected chi connectivity index (χ4v) is 1.94. The second-order valence-electron chi connectivity index (χ2n) is 4.89. The smallest absolute Gasteiger partial charge is 0.407 e. The molecule has 0 saturated heterocycles. The van der Waals surface area contributed by atoms with Crippen LogP contribution in [0.1, 0.15) is 27.9 Å². The monoisotopic (exact) mass is 323 g/mol. The van der Waals surface area contributed by atoms with E-state index in [-0.39, 0.29) is 12.2 Å². The lowest BCUT2D eigenvalue weighted by molar-refractivity contribution is 0.0696. The zero-order valence-corrected chi connectivity index (χ0v) is 13.0. The van der Waals surface area contributed by atoms with Crippen LogP contribution in [0.5, 0.6) is 0 Å². The van der Waals surface area contributed by atoms with Crippen LogP contribution < -0.4 is 5.32 Å². The second-order valence-corrected chi connectivity index (χ2v) is 4.89. The first-order chi connectivity index (χ1) is 11.7. The van der Waals surface area contributed by atoms with Gasteiger partial charge in [-0.25, -0.2) is 9.59 Å². The number of rotatable bonds is 5. The van der Waals surface area contributed by atoms with Gasteiger partial charge in [0.2, 0.25) is 0 Å². The Hall–Kier alpha value is -3.26. The maximum absolute atomic E-state index is 11.5. The molecule has 122 valence electrons. The van der Waals surface area contributed by atoms with Gasteiger partial charge in [0, 0.05) is 18.5 Å². The van der Waals surface area contributed by atoms with Crippen LogP contribution in [0.15, 0.2) is 54.6 Å². The van der Waals surface area contributed by atoms with E-state index in [9.17, 15) is 9.59 Å². The molecule has 0 aliphatic heterocycles. The maximum Gasteiger partial charge on any atom is 0.407 e. The van der Waals surface area contributed by atoms with Gasteiger partial charge in [-0.3, -0.25) is 0 Å². The van der Waals surface area contributed by atoms with E-state index >= 15 is 0 Å². The Balaban J connectivity index is 1.74. The highest BCUT2D eigenvalue weighted by Crippen LogP contribution is 2.06. The Morgan fingerprint density at radius 2 is 1.75 bits per heavy atom. The molecule has 0 fully saturated rings. The molecule has 0 heterocycles. The van der Waals surface area contributed by atoms with Crippen molar-refractivity contribution < 1.29 is 19.4 Å². The predicted molar refractivity (Wildman–Crippen MR) is 89.5 cm³/mol. The van der Waals surface area contributed by atoms with E-state index in [0.717, 1.165) is 5.56 Å². The molecule has 0 aromatic heterocycles. The van der Waals surface area contributed by atoms with Crippen LogP contribution in [0.4, 0.5) is 4.79 Å². The van der Waals surface area contributed by atoms with Crippen LogP contribution in [-0.4, -0.2) is 23.7 Å². The van der Waals surface area contributed by atoms with Crippen molar-refractivity contribution >= 4 is 12.1 Å². The first-order valence-corrected chi connectivity index (χ1v) is 7.42. The molecule has 0 unspecified atom stereocenters. The number of ether oxygens (including phenoxy) is 1. The van der Waals surface area contributed by atoms with E-state index in [1.807, 2.05) is 30.3 Å². The van der Waals surface area contributed by atoms with Gasteiger partial charge in [0.15, 0.2) is 0 Å². The number of carboxylic acid groups (broad SMARTS) is 1. The fraction of sp³-hybridized carbons (Fsp3) is 0.158. The standard InChI is InChI=1S/C19H17NO4/c21-18(22)17-12-5-4-10-16(17)11-6-7-13-20-19(23)24-14-15-8-2-1-3-9-15/h1-5,8-10,12H,7,13-14H2,(H,20,23)(H,21,22). The molecule has 2 rings (SSSR count). The SMILES string of the molecule is O=C(NCCC#Cc1ccccc1C(=O)O)OCc1ccccc1. The largest absolute Gasteiger partial charge is 0.478 e. The average Bonchev–Trinajstić information content (AvgIpc) is 2.61. The molecule has 0 aliphatic carbocycles. The molecule has 5 nitrogen and oxygen atoms in total. The molecule has 2 aromatic rings. The number of hydrogen-bond donors (Lipinski definition) is 2. The summed E-state index contributed by atoms with van der Waals surface area (Å²) in [5.74, 6) is 4.63. The summed E-state index contributed by atoms with van der Waals surface area (Å²) >= 11 is 0. The van der Waals surface area contributed by atoms with Crippen molar-refractivity contribution in [2.24, 2.45) is 0 Å². The van der Waals surface area contributed by atoms with Gasteiger partial charge < -0.3 is 15.2 Å². The molecular weight excluding hydrogens is 306 g/mol. The highest BCUT2D eigenvalue weighted by molar-refractivity contribution is 5.90. The maximum atomic E-state index is 11.5. The minimum absolute atomic E-state index is 0.167. The number of carbonyl (C=O) groups excluding carboxylic acids is 1. The van der Waals surface area contributed by atoms with E-state index < -0.39 is 12.1 Å². The molecule has 2 N–H and O–H groups in total. The Labute approximate surface area is 140 Å². The summed E-state index contributed by atoms with van der Waals surface area (Å²) in [6.07, 6.45) is -0.111. The van der Waals surface area contributed by atoms with Gasteiger partial charge in [-0.05, 0) is 17.7 Å². The van der Waals surface area contributed by atoms with E-state index in [1.54, 1.807) is 18.2 Å². The van der Waals surface area contributed by atoms with E-state index in [2.05, 4.69) is 17.2 Å². The molecule has 0 saturated carbocycles. The van der Waals surface area contributed by atoms with Crippen LogP contribution in [-0.2, 0) is 11.3 Å². The quantitative estimate of drug-likeness (QED) is 0.655. The van der Waals surface area contributed by atoms with Gasteiger partial charge in [0.25, 0.3) is 0 Å². The molecule has 24 heavy (non-hydrogen) atoms. The van der Waals surface area contributed by atoms with E-state index in [1.165, 1.54) is 6.07 Å². The summed E-state index contributed by atoms with van der Waals surface area (Å²) in [5.41, 5.74) is 1.54. The molecule has 2 aromatic carbocycles. The van der Waals surface area contributed by atoms with Crippen molar-refractivity contribution in [3.05, 3.63) is 71.3 Å². The van der Waals surface area contributed by atoms with Gasteiger partial charge in [-0.15, -0.1) is 0 Å². The lowest BCUT2D eigenvalue weighted by Gasteiger charge is -2.05. The molecule has 0 atom stereocenters. The minimum atomic E-state index is -1.01. The zero-order chi connectivity index (χ0) is 17.2. The van der Waals surface area contributed by atoms with E-state index in [0.29, 0.717) is 18.5 Å². The third-order valence-corrected chi connectivity index (χ3v) is 3.11. The van der Waals surface area contributed by atoms with Gasteiger partial charge in [0.1, 0.15) is 6.61 Å². The number of carbonyl (C=O) groups is 2. The molecule has 0 radical (unpaired) electrons. The first kappa shape index (κ1) is 17.1. The van der Waals surface area contributed by atoms with Crippen molar-refractivity contribution in [1.82, 2.24) is 5.32 Å². The lowest BCUT2D eigenvalue weighted by atomic mass is 10.1. The summed E-state index contributed by atoms with van der Waals surface area (Å²) in [6.45, 7) is 0.542. The molecule has 1 amide bonds. The average molecular weight is 323 g/mol. The van der Waals surface area contributed by atoms with Crippen molar-refractivity contribution in [2.45, 2.75) is 13.0 Å². The third kappa shape index (κ3) is 5.50. The number of benzene rings is 2. The number of nitrogens with one attached hydrogen (secondary N) is 1. The Morgan fingerprint density at radius 1 is 1.04 bits per heavy atom. The van der Waals surface area contributed by atoms with Gasteiger partial charge in [-0.2, -0.15) is 0 Å². The number of carboxylic acids is 1. The molecule has 0 spiro atoms. The van der Waals surface area contributed by atoms with Crippen molar-refractivity contribution in [3.63, 3.8) is 0 Å². The van der Waals surface area contributed by atoms with Gasteiger partial charge in [-0.1, -0.05) is 54.3 Å².